The minimum absolute atomic E-state index is 0.106. The zero-order chi connectivity index (χ0) is 15.8. The first-order valence-electron chi connectivity index (χ1n) is 6.90. The molecule has 0 heterocycles. The maximum absolute atomic E-state index is 12.1. The van der Waals surface area contributed by atoms with Crippen molar-refractivity contribution in [3.8, 4) is 0 Å². The molecule has 116 valence electrons. The molecule has 21 heavy (non-hydrogen) atoms. The average Bonchev–Trinajstić information content (AvgIpc) is 2.39. The molecule has 1 amide bonds. The van der Waals surface area contributed by atoms with E-state index in [1.807, 2.05) is 43.0 Å². The first-order valence-corrected chi connectivity index (χ1v) is 7.69. The van der Waals surface area contributed by atoms with E-state index in [9.17, 15) is 9.59 Å². The van der Waals surface area contributed by atoms with Crippen LogP contribution in [0.25, 0.3) is 0 Å². The van der Waals surface area contributed by atoms with Crippen molar-refractivity contribution in [1.82, 2.24) is 4.90 Å². The van der Waals surface area contributed by atoms with Gasteiger partial charge in [-0.3, -0.25) is 14.5 Å². The molecule has 0 atom stereocenters. The minimum Gasteiger partial charge on any atom is -0.481 e. The monoisotopic (exact) mass is 356 g/mol. The fraction of sp³-hybridized carbons (Fsp3) is 0.467. The van der Waals surface area contributed by atoms with Crippen molar-refractivity contribution in [3.05, 3.63) is 28.7 Å². The summed E-state index contributed by atoms with van der Waals surface area (Å²) in [6, 6.07) is 7.61. The van der Waals surface area contributed by atoms with Crippen molar-refractivity contribution < 1.29 is 14.7 Å². The van der Waals surface area contributed by atoms with Crippen LogP contribution in [0.1, 0.15) is 26.7 Å². The number of rotatable bonds is 8. The summed E-state index contributed by atoms with van der Waals surface area (Å²) >= 11 is 3.38. The second-order valence-electron chi connectivity index (χ2n) is 5.09. The van der Waals surface area contributed by atoms with Crippen molar-refractivity contribution in [1.29, 1.82) is 0 Å². The molecule has 0 aliphatic rings. The molecule has 1 aromatic carbocycles. The molecule has 0 radical (unpaired) electrons. The number of carboxylic acids is 1. The van der Waals surface area contributed by atoms with Gasteiger partial charge in [0.25, 0.3) is 0 Å². The lowest BCUT2D eigenvalue weighted by molar-refractivity contribution is -0.137. The highest BCUT2D eigenvalue weighted by Crippen LogP contribution is 2.21. The van der Waals surface area contributed by atoms with E-state index >= 15 is 0 Å². The summed E-state index contributed by atoms with van der Waals surface area (Å²) in [4.78, 5) is 24.6. The number of carbonyl (C=O) groups is 2. The molecule has 1 rings (SSSR count). The van der Waals surface area contributed by atoms with E-state index in [0.29, 0.717) is 13.0 Å². The van der Waals surface area contributed by atoms with Crippen molar-refractivity contribution in [2.45, 2.75) is 32.7 Å². The van der Waals surface area contributed by atoms with Crippen LogP contribution in [0.15, 0.2) is 28.7 Å². The summed E-state index contributed by atoms with van der Waals surface area (Å²) in [7, 11) is 0. The third-order valence-corrected chi connectivity index (χ3v) is 3.75. The van der Waals surface area contributed by atoms with Crippen LogP contribution in [0.5, 0.6) is 0 Å². The van der Waals surface area contributed by atoms with Crippen molar-refractivity contribution >= 4 is 33.5 Å². The van der Waals surface area contributed by atoms with Crippen LogP contribution < -0.4 is 5.32 Å². The average molecular weight is 357 g/mol. The lowest BCUT2D eigenvalue weighted by Gasteiger charge is -2.25. The van der Waals surface area contributed by atoms with E-state index in [-0.39, 0.29) is 24.9 Å². The standard InChI is InChI=1S/C15H21BrN2O3/c1-11(2)18(9-5-8-15(20)21)10-14(19)17-13-7-4-3-6-12(13)16/h3-4,6-7,11H,5,8-10H2,1-2H3,(H,17,19)(H,20,21). The Morgan fingerprint density at radius 3 is 2.57 bits per heavy atom. The van der Waals surface area contributed by atoms with Crippen LogP contribution >= 0.6 is 15.9 Å². The Labute approximate surface area is 133 Å². The normalized spacial score (nSPS) is 10.9. The third kappa shape index (κ3) is 6.73. The molecule has 0 aliphatic heterocycles. The summed E-state index contributed by atoms with van der Waals surface area (Å²) in [5, 5.41) is 11.5. The zero-order valence-corrected chi connectivity index (χ0v) is 13.9. The molecule has 0 aliphatic carbocycles. The van der Waals surface area contributed by atoms with Crippen molar-refractivity contribution in [2.75, 3.05) is 18.4 Å². The Bertz CT molecular complexity index is 492. The largest absolute Gasteiger partial charge is 0.481 e. The number of hydrogen-bond donors (Lipinski definition) is 2. The molecule has 0 bridgehead atoms. The second-order valence-corrected chi connectivity index (χ2v) is 5.94. The number of benzene rings is 1. The van der Waals surface area contributed by atoms with Gasteiger partial charge in [-0.05, 0) is 54.9 Å². The SMILES string of the molecule is CC(C)N(CCCC(=O)O)CC(=O)Nc1ccccc1Br. The highest BCUT2D eigenvalue weighted by Gasteiger charge is 2.15. The molecule has 1 aromatic rings. The summed E-state index contributed by atoms with van der Waals surface area (Å²) in [6.45, 7) is 4.82. The number of anilines is 1. The van der Waals surface area contributed by atoms with Crippen LogP contribution in [-0.4, -0.2) is 41.0 Å². The summed E-state index contributed by atoms with van der Waals surface area (Å²) in [5.74, 6) is -0.915. The van der Waals surface area contributed by atoms with Gasteiger partial charge in [0.05, 0.1) is 12.2 Å². The highest BCUT2D eigenvalue weighted by atomic mass is 79.9. The van der Waals surface area contributed by atoms with Crippen LogP contribution in [0.3, 0.4) is 0 Å². The molecule has 0 saturated carbocycles. The number of nitrogens with zero attached hydrogens (tertiary/aromatic N) is 1. The fourth-order valence-electron chi connectivity index (χ4n) is 1.89. The molecule has 0 fully saturated rings. The van der Waals surface area contributed by atoms with Gasteiger partial charge in [-0.25, -0.2) is 0 Å². The minimum atomic E-state index is -0.809. The lowest BCUT2D eigenvalue weighted by atomic mass is 10.2. The zero-order valence-electron chi connectivity index (χ0n) is 12.3. The predicted molar refractivity (Wildman–Crippen MR) is 86.4 cm³/mol. The molecule has 0 aromatic heterocycles. The van der Waals surface area contributed by atoms with Gasteiger partial charge in [0, 0.05) is 16.9 Å². The summed E-state index contributed by atoms with van der Waals surface area (Å²) < 4.78 is 0.834. The Morgan fingerprint density at radius 1 is 1.33 bits per heavy atom. The number of amides is 1. The maximum Gasteiger partial charge on any atom is 0.303 e. The molecule has 0 spiro atoms. The van der Waals surface area contributed by atoms with Crippen molar-refractivity contribution in [3.63, 3.8) is 0 Å². The Morgan fingerprint density at radius 2 is 2.00 bits per heavy atom. The number of aliphatic carboxylic acids is 1. The molecule has 2 N–H and O–H groups in total. The van der Waals surface area contributed by atoms with Gasteiger partial charge in [-0.2, -0.15) is 0 Å². The van der Waals surface area contributed by atoms with Gasteiger partial charge < -0.3 is 10.4 Å². The van der Waals surface area contributed by atoms with E-state index in [1.165, 1.54) is 0 Å². The third-order valence-electron chi connectivity index (χ3n) is 3.06. The molecule has 6 heteroatoms. The van der Waals surface area contributed by atoms with E-state index in [2.05, 4.69) is 21.2 Å². The number of halogens is 1. The lowest BCUT2D eigenvalue weighted by Crippen LogP contribution is -2.38. The molecular formula is C15H21BrN2O3. The molecule has 0 unspecified atom stereocenters. The maximum atomic E-state index is 12.1. The van der Waals surface area contributed by atoms with Gasteiger partial charge in [0.2, 0.25) is 5.91 Å². The van der Waals surface area contributed by atoms with Gasteiger partial charge in [0.15, 0.2) is 0 Å². The van der Waals surface area contributed by atoms with Gasteiger partial charge in [-0.15, -0.1) is 0 Å². The number of carbonyl (C=O) groups excluding carboxylic acids is 1. The molecular weight excluding hydrogens is 336 g/mol. The van der Waals surface area contributed by atoms with Crippen molar-refractivity contribution in [2.24, 2.45) is 0 Å². The van der Waals surface area contributed by atoms with Crippen LogP contribution in [0, 0.1) is 0 Å². The second kappa shape index (κ2) is 8.79. The molecule has 0 saturated heterocycles. The predicted octanol–water partition coefficient (Wildman–Crippen LogP) is 2.96. The number of hydrogen-bond acceptors (Lipinski definition) is 3. The van der Waals surface area contributed by atoms with Gasteiger partial charge in [0.1, 0.15) is 0 Å². The van der Waals surface area contributed by atoms with E-state index in [0.717, 1.165) is 10.2 Å². The van der Waals surface area contributed by atoms with Crippen LogP contribution in [0.4, 0.5) is 5.69 Å². The Kier molecular flexibility index (Phi) is 7.39. The summed E-state index contributed by atoms with van der Waals surface area (Å²) in [6.07, 6.45) is 0.658. The van der Waals surface area contributed by atoms with E-state index < -0.39 is 5.97 Å². The van der Waals surface area contributed by atoms with E-state index in [4.69, 9.17) is 5.11 Å². The molecule has 5 nitrogen and oxygen atoms in total. The topological polar surface area (TPSA) is 69.6 Å². The summed E-state index contributed by atoms with van der Waals surface area (Å²) in [5.41, 5.74) is 0.733. The Balaban J connectivity index is 2.52. The first-order chi connectivity index (χ1) is 9.90. The fourth-order valence-corrected chi connectivity index (χ4v) is 2.27. The van der Waals surface area contributed by atoms with Gasteiger partial charge >= 0.3 is 5.97 Å². The number of nitrogens with one attached hydrogen (secondary N) is 1. The quantitative estimate of drug-likeness (QED) is 0.751. The van der Waals surface area contributed by atoms with Gasteiger partial charge in [-0.1, -0.05) is 12.1 Å². The smallest absolute Gasteiger partial charge is 0.303 e. The number of para-hydroxylation sites is 1. The van der Waals surface area contributed by atoms with Crippen LogP contribution in [-0.2, 0) is 9.59 Å². The Hall–Kier alpha value is -1.40. The highest BCUT2D eigenvalue weighted by molar-refractivity contribution is 9.10. The first kappa shape index (κ1) is 17.7. The number of carboxylic acid groups (broad SMARTS) is 1. The van der Waals surface area contributed by atoms with Crippen LogP contribution in [0.2, 0.25) is 0 Å². The van der Waals surface area contributed by atoms with E-state index in [1.54, 1.807) is 0 Å².